The summed E-state index contributed by atoms with van der Waals surface area (Å²) in [5.41, 5.74) is 0. The van der Waals surface area contributed by atoms with Gasteiger partial charge in [-0.1, -0.05) is 0 Å². The van der Waals surface area contributed by atoms with E-state index in [1.807, 2.05) is 0 Å². The van der Waals surface area contributed by atoms with Gasteiger partial charge in [0.15, 0.2) is 0 Å². The van der Waals surface area contributed by atoms with Gasteiger partial charge in [-0.25, -0.2) is 0 Å². The number of rotatable bonds is 5. The molecule has 0 aliphatic carbocycles. The lowest BCUT2D eigenvalue weighted by molar-refractivity contribution is -0.0220. The number of hydrogen-bond donors (Lipinski definition) is 2. The quantitative estimate of drug-likeness (QED) is 0.741. The maximum Gasteiger partial charge on any atom is 0.0561 e. The molecule has 2 N–H and O–H groups in total. The SMILES string of the molecule is CC1CC(N(CCO)CC2CCCN2)CCO1. The fourth-order valence-electron chi connectivity index (χ4n) is 3.05. The highest BCUT2D eigenvalue weighted by Crippen LogP contribution is 2.20. The van der Waals surface area contributed by atoms with Gasteiger partial charge in [0.2, 0.25) is 0 Å². The number of ether oxygens (including phenoxy) is 1. The zero-order chi connectivity index (χ0) is 12.1. The van der Waals surface area contributed by atoms with Crippen molar-refractivity contribution < 1.29 is 9.84 Å². The number of aliphatic hydroxyl groups excluding tert-OH is 1. The van der Waals surface area contributed by atoms with Crippen molar-refractivity contribution in [2.24, 2.45) is 0 Å². The Kier molecular flexibility index (Phi) is 5.22. The predicted octanol–water partition coefficient (Wildman–Crippen LogP) is 0.600. The summed E-state index contributed by atoms with van der Waals surface area (Å²) in [6.45, 7) is 6.32. The molecule has 100 valence electrons. The minimum atomic E-state index is 0.262. The molecule has 0 spiro atoms. The second-order valence-electron chi connectivity index (χ2n) is 5.37. The Balaban J connectivity index is 1.85. The van der Waals surface area contributed by atoms with E-state index in [0.29, 0.717) is 18.2 Å². The molecule has 2 heterocycles. The van der Waals surface area contributed by atoms with E-state index in [1.54, 1.807) is 0 Å². The number of aliphatic hydroxyl groups is 1. The van der Waals surface area contributed by atoms with Gasteiger partial charge in [0.25, 0.3) is 0 Å². The van der Waals surface area contributed by atoms with E-state index in [1.165, 1.54) is 12.8 Å². The molecular weight excluding hydrogens is 216 g/mol. The third kappa shape index (κ3) is 3.91. The summed E-state index contributed by atoms with van der Waals surface area (Å²) in [4.78, 5) is 2.46. The molecular formula is C13H26N2O2. The predicted molar refractivity (Wildman–Crippen MR) is 68.1 cm³/mol. The molecule has 2 rings (SSSR count). The molecule has 2 fully saturated rings. The summed E-state index contributed by atoms with van der Waals surface area (Å²) in [5, 5.41) is 12.8. The van der Waals surface area contributed by atoms with Crippen LogP contribution in [-0.2, 0) is 4.74 Å². The Bertz CT molecular complexity index is 219. The summed E-state index contributed by atoms with van der Waals surface area (Å²) >= 11 is 0. The highest BCUT2D eigenvalue weighted by molar-refractivity contribution is 4.83. The fraction of sp³-hybridized carbons (Fsp3) is 1.00. The largest absolute Gasteiger partial charge is 0.395 e. The molecule has 0 saturated carbocycles. The molecule has 2 aliphatic rings. The zero-order valence-corrected chi connectivity index (χ0v) is 10.9. The van der Waals surface area contributed by atoms with Crippen LogP contribution >= 0.6 is 0 Å². The van der Waals surface area contributed by atoms with E-state index in [9.17, 15) is 5.11 Å². The average Bonchev–Trinajstić information content (AvgIpc) is 2.81. The van der Waals surface area contributed by atoms with Gasteiger partial charge >= 0.3 is 0 Å². The summed E-state index contributed by atoms with van der Waals surface area (Å²) in [5.74, 6) is 0. The molecule has 4 nitrogen and oxygen atoms in total. The van der Waals surface area contributed by atoms with Crippen molar-refractivity contribution in [1.29, 1.82) is 0 Å². The van der Waals surface area contributed by atoms with Crippen molar-refractivity contribution in [3.8, 4) is 0 Å². The molecule has 0 aromatic carbocycles. The van der Waals surface area contributed by atoms with E-state index in [0.717, 1.165) is 39.1 Å². The van der Waals surface area contributed by atoms with E-state index in [4.69, 9.17) is 4.74 Å². The molecule has 0 aromatic heterocycles. The van der Waals surface area contributed by atoms with Crippen molar-refractivity contribution >= 4 is 0 Å². The number of nitrogens with zero attached hydrogens (tertiary/aromatic N) is 1. The third-order valence-electron chi connectivity index (χ3n) is 3.98. The molecule has 2 aliphatic heterocycles. The Morgan fingerprint density at radius 3 is 2.94 bits per heavy atom. The monoisotopic (exact) mass is 242 g/mol. The highest BCUT2D eigenvalue weighted by Gasteiger charge is 2.27. The van der Waals surface area contributed by atoms with Crippen LogP contribution in [-0.4, -0.2) is 61.0 Å². The van der Waals surface area contributed by atoms with Crippen LogP contribution in [0.25, 0.3) is 0 Å². The Morgan fingerprint density at radius 2 is 2.29 bits per heavy atom. The maximum absolute atomic E-state index is 9.21. The Morgan fingerprint density at radius 1 is 1.41 bits per heavy atom. The van der Waals surface area contributed by atoms with E-state index in [-0.39, 0.29) is 6.61 Å². The minimum Gasteiger partial charge on any atom is -0.395 e. The van der Waals surface area contributed by atoms with Crippen LogP contribution in [0.5, 0.6) is 0 Å². The molecule has 17 heavy (non-hydrogen) atoms. The maximum atomic E-state index is 9.21. The molecule has 2 saturated heterocycles. The second-order valence-corrected chi connectivity index (χ2v) is 5.37. The van der Waals surface area contributed by atoms with Crippen LogP contribution in [0.15, 0.2) is 0 Å². The molecule has 0 amide bonds. The second kappa shape index (κ2) is 6.69. The molecule has 4 heteroatoms. The van der Waals surface area contributed by atoms with Gasteiger partial charge in [-0.3, -0.25) is 4.90 Å². The molecule has 3 unspecified atom stereocenters. The summed E-state index contributed by atoms with van der Waals surface area (Å²) in [6, 6.07) is 1.22. The highest BCUT2D eigenvalue weighted by atomic mass is 16.5. The molecule has 3 atom stereocenters. The van der Waals surface area contributed by atoms with E-state index < -0.39 is 0 Å². The summed E-state index contributed by atoms with van der Waals surface area (Å²) < 4.78 is 5.60. The van der Waals surface area contributed by atoms with Gasteiger partial charge in [0.05, 0.1) is 12.7 Å². The first-order chi connectivity index (χ1) is 8.29. The molecule has 0 radical (unpaired) electrons. The Hall–Kier alpha value is -0.160. The third-order valence-corrected chi connectivity index (χ3v) is 3.98. The van der Waals surface area contributed by atoms with Gasteiger partial charge in [0.1, 0.15) is 0 Å². The minimum absolute atomic E-state index is 0.262. The van der Waals surface area contributed by atoms with Crippen molar-refractivity contribution in [1.82, 2.24) is 10.2 Å². The van der Waals surface area contributed by atoms with Crippen LogP contribution in [0, 0.1) is 0 Å². The van der Waals surface area contributed by atoms with Crippen molar-refractivity contribution in [2.75, 3.05) is 32.8 Å². The smallest absolute Gasteiger partial charge is 0.0561 e. The van der Waals surface area contributed by atoms with E-state index in [2.05, 4.69) is 17.1 Å². The van der Waals surface area contributed by atoms with Crippen LogP contribution in [0.4, 0.5) is 0 Å². The Labute approximate surface area is 104 Å². The normalized spacial score (nSPS) is 34.4. The first-order valence-electron chi connectivity index (χ1n) is 6.99. The molecule has 0 aromatic rings. The lowest BCUT2D eigenvalue weighted by Gasteiger charge is -2.37. The van der Waals surface area contributed by atoms with Crippen molar-refractivity contribution in [2.45, 2.75) is 50.8 Å². The van der Waals surface area contributed by atoms with Gasteiger partial charge in [-0.15, -0.1) is 0 Å². The van der Waals surface area contributed by atoms with Gasteiger partial charge in [-0.05, 0) is 39.2 Å². The fourth-order valence-corrected chi connectivity index (χ4v) is 3.05. The van der Waals surface area contributed by atoms with Crippen molar-refractivity contribution in [3.05, 3.63) is 0 Å². The van der Waals surface area contributed by atoms with Crippen LogP contribution in [0.3, 0.4) is 0 Å². The lowest BCUT2D eigenvalue weighted by Crippen LogP contribution is -2.48. The topological polar surface area (TPSA) is 44.7 Å². The number of nitrogens with one attached hydrogen (secondary N) is 1. The van der Waals surface area contributed by atoms with Crippen LogP contribution < -0.4 is 5.32 Å². The lowest BCUT2D eigenvalue weighted by atomic mass is 10.0. The summed E-state index contributed by atoms with van der Waals surface area (Å²) in [7, 11) is 0. The van der Waals surface area contributed by atoms with E-state index >= 15 is 0 Å². The molecule has 0 bridgehead atoms. The standard InChI is InChI=1S/C13H26N2O2/c1-11-9-13(4-8-17-11)15(6-7-16)10-12-3-2-5-14-12/h11-14,16H,2-10H2,1H3. The van der Waals surface area contributed by atoms with Crippen molar-refractivity contribution in [3.63, 3.8) is 0 Å². The number of hydrogen-bond acceptors (Lipinski definition) is 4. The summed E-state index contributed by atoms with van der Waals surface area (Å²) in [6.07, 6.45) is 5.15. The van der Waals surface area contributed by atoms with Crippen LogP contribution in [0.2, 0.25) is 0 Å². The van der Waals surface area contributed by atoms with Crippen LogP contribution in [0.1, 0.15) is 32.6 Å². The first kappa shape index (κ1) is 13.3. The van der Waals surface area contributed by atoms with Gasteiger partial charge in [0, 0.05) is 31.8 Å². The zero-order valence-electron chi connectivity index (χ0n) is 10.9. The van der Waals surface area contributed by atoms with Gasteiger partial charge in [-0.2, -0.15) is 0 Å². The first-order valence-corrected chi connectivity index (χ1v) is 6.99. The van der Waals surface area contributed by atoms with Gasteiger partial charge < -0.3 is 15.2 Å². The average molecular weight is 242 g/mol.